The lowest BCUT2D eigenvalue weighted by atomic mass is 9.57. The van der Waals surface area contributed by atoms with E-state index in [1.807, 2.05) is 0 Å². The lowest BCUT2D eigenvalue weighted by Gasteiger charge is -2.50. The van der Waals surface area contributed by atoms with E-state index in [0.717, 1.165) is 0 Å². The fourth-order valence-electron chi connectivity index (χ4n) is 5.41. The number of benzene rings is 1. The zero-order valence-electron chi connectivity index (χ0n) is 17.7. The molecule has 1 aromatic carbocycles. The van der Waals surface area contributed by atoms with E-state index in [2.05, 4.69) is 0 Å². The van der Waals surface area contributed by atoms with Crippen molar-refractivity contribution in [3.63, 3.8) is 0 Å². The zero-order valence-corrected chi connectivity index (χ0v) is 17.7. The largest absolute Gasteiger partial charge is 0.508 e. The molecule has 0 aromatic heterocycles. The number of hydrogen-bond acceptors (Lipinski definition) is 9. The number of ether oxygens (including phenoxy) is 1. The minimum atomic E-state index is -2.64. The highest BCUT2D eigenvalue weighted by molar-refractivity contribution is 6.24. The third-order valence-electron chi connectivity index (χ3n) is 6.78. The first-order valence-electron chi connectivity index (χ1n) is 10.00. The predicted octanol–water partition coefficient (Wildman–Crippen LogP) is -0.0274. The Hall–Kier alpha value is -3.37. The van der Waals surface area contributed by atoms with E-state index >= 15 is 0 Å². The van der Waals surface area contributed by atoms with Crippen molar-refractivity contribution in [2.75, 3.05) is 21.2 Å². The van der Waals surface area contributed by atoms with Crippen LogP contribution in [0.2, 0.25) is 0 Å². The van der Waals surface area contributed by atoms with E-state index < -0.39 is 58.0 Å². The quantitative estimate of drug-likeness (QED) is 0.402. The lowest BCUT2D eigenvalue weighted by Crippen LogP contribution is -2.65. The number of aromatic hydroxyl groups is 1. The fourth-order valence-corrected chi connectivity index (χ4v) is 5.41. The summed E-state index contributed by atoms with van der Waals surface area (Å²) < 4.78 is 5.34. The molecule has 1 amide bonds. The highest BCUT2D eigenvalue weighted by Gasteiger charge is 2.64. The van der Waals surface area contributed by atoms with Crippen molar-refractivity contribution in [3.8, 4) is 11.5 Å². The molecule has 10 nitrogen and oxygen atoms in total. The number of likely N-dealkylation sites (N-methyl/N-ethyl adjacent to an activating group) is 1. The standard InChI is InChI=1S/C22H24N2O8/c1-24(2)16-10-7-8-6-9-12(32-3)5-4-11(25)14(9)17(26)13(8)19(28)22(10,31)20(29)15(18(16)27)21(23)30/h4-5,8,10,16,25-26,29,31H,6-7H2,1-3H3,(H2,23,30)/t8-,10-,16-,22-/m0/s1. The number of methoxy groups -OCH3 is 1. The number of aliphatic hydroxyl groups excluding tert-OH is 2. The summed E-state index contributed by atoms with van der Waals surface area (Å²) in [6.07, 6.45) is 0.219. The van der Waals surface area contributed by atoms with Gasteiger partial charge in [0.1, 0.15) is 28.6 Å². The topological polar surface area (TPSA) is 171 Å². The number of hydrogen-bond donors (Lipinski definition) is 5. The summed E-state index contributed by atoms with van der Waals surface area (Å²) in [4.78, 5) is 40.0. The third kappa shape index (κ3) is 2.63. The van der Waals surface area contributed by atoms with Gasteiger partial charge in [-0.25, -0.2) is 0 Å². The molecule has 4 rings (SSSR count). The number of phenolic OH excluding ortho intramolecular Hbond substituents is 1. The van der Waals surface area contributed by atoms with Crippen molar-refractivity contribution in [2.24, 2.45) is 17.6 Å². The van der Waals surface area contributed by atoms with Crippen LogP contribution in [0.25, 0.3) is 5.76 Å². The number of nitrogens with zero attached hydrogens (tertiary/aromatic N) is 1. The summed E-state index contributed by atoms with van der Waals surface area (Å²) in [6, 6.07) is 1.73. The molecule has 6 N–H and O–H groups in total. The summed E-state index contributed by atoms with van der Waals surface area (Å²) in [5, 5.41) is 43.5. The summed E-state index contributed by atoms with van der Waals surface area (Å²) >= 11 is 0. The van der Waals surface area contributed by atoms with Crippen LogP contribution in [0.3, 0.4) is 0 Å². The summed E-state index contributed by atoms with van der Waals surface area (Å²) in [5.41, 5.74) is 2.10. The number of primary amides is 1. The molecule has 0 bridgehead atoms. The molecule has 170 valence electrons. The van der Waals surface area contributed by atoms with E-state index in [9.17, 15) is 34.8 Å². The molecule has 0 aliphatic heterocycles. The van der Waals surface area contributed by atoms with Crippen molar-refractivity contribution in [1.82, 2.24) is 4.90 Å². The molecule has 3 aliphatic rings. The summed E-state index contributed by atoms with van der Waals surface area (Å²) in [7, 11) is 4.53. The molecule has 32 heavy (non-hydrogen) atoms. The Morgan fingerprint density at radius 3 is 2.44 bits per heavy atom. The van der Waals surface area contributed by atoms with E-state index in [4.69, 9.17) is 10.5 Å². The molecule has 1 aromatic rings. The molecule has 3 aliphatic carbocycles. The maximum Gasteiger partial charge on any atom is 0.255 e. The Morgan fingerprint density at radius 2 is 1.88 bits per heavy atom. The van der Waals surface area contributed by atoms with Crippen LogP contribution in [0.5, 0.6) is 11.5 Å². The highest BCUT2D eigenvalue weighted by Crippen LogP contribution is 2.53. The van der Waals surface area contributed by atoms with Crippen LogP contribution in [0.1, 0.15) is 17.5 Å². The SMILES string of the molecule is COc1ccc(O)c2c1C[C@H]1C[C@H]3[C@H](N(C)C)C(=O)C(C(N)=O)=C(O)[C@@]3(O)C(=O)C1=C2O. The molecule has 0 saturated heterocycles. The van der Waals surface area contributed by atoms with Gasteiger partial charge in [0.2, 0.25) is 5.78 Å². The van der Waals surface area contributed by atoms with Crippen molar-refractivity contribution in [2.45, 2.75) is 24.5 Å². The number of Topliss-reactive ketones (excluding diaryl/α,β-unsaturated/α-hetero) is 2. The van der Waals surface area contributed by atoms with Crippen LogP contribution < -0.4 is 10.5 Å². The number of ketones is 2. The Morgan fingerprint density at radius 1 is 1.22 bits per heavy atom. The molecule has 4 atom stereocenters. The van der Waals surface area contributed by atoms with Crippen LogP contribution in [0.4, 0.5) is 0 Å². The zero-order chi connectivity index (χ0) is 23.7. The first-order valence-corrected chi connectivity index (χ1v) is 10.00. The Kier molecular flexibility index (Phi) is 4.83. The first kappa shape index (κ1) is 21.8. The Labute approximate surface area is 183 Å². The smallest absolute Gasteiger partial charge is 0.255 e. The minimum Gasteiger partial charge on any atom is -0.508 e. The number of carbonyl (C=O) groups is 3. The van der Waals surface area contributed by atoms with Crippen LogP contribution in [0.15, 0.2) is 29.0 Å². The van der Waals surface area contributed by atoms with Gasteiger partial charge in [-0.1, -0.05) is 0 Å². The molecule has 1 fully saturated rings. The molecule has 0 spiro atoms. The third-order valence-corrected chi connectivity index (χ3v) is 6.78. The average Bonchev–Trinajstić information content (AvgIpc) is 2.70. The number of phenols is 1. The molecular formula is C22H24N2O8. The van der Waals surface area contributed by atoms with Crippen molar-refractivity contribution >= 4 is 23.2 Å². The molecule has 0 unspecified atom stereocenters. The molecule has 0 heterocycles. The number of carbonyl (C=O) groups excluding carboxylic acids is 3. The van der Waals surface area contributed by atoms with Gasteiger partial charge in [0, 0.05) is 17.1 Å². The summed E-state index contributed by atoms with van der Waals surface area (Å²) in [5.74, 6) is -6.37. The fraction of sp³-hybridized carbons (Fsp3) is 0.409. The average molecular weight is 444 g/mol. The normalized spacial score (nSPS) is 29.6. The van der Waals surface area contributed by atoms with E-state index in [1.54, 1.807) is 14.1 Å². The van der Waals surface area contributed by atoms with Gasteiger partial charge >= 0.3 is 0 Å². The van der Waals surface area contributed by atoms with Crippen molar-refractivity contribution in [3.05, 3.63) is 40.2 Å². The molecule has 0 radical (unpaired) electrons. The van der Waals surface area contributed by atoms with E-state index in [1.165, 1.54) is 24.1 Å². The maximum atomic E-state index is 13.6. The number of amides is 1. The van der Waals surface area contributed by atoms with Gasteiger partial charge in [0.25, 0.3) is 5.91 Å². The second kappa shape index (κ2) is 7.07. The lowest BCUT2D eigenvalue weighted by molar-refractivity contribution is -0.153. The van der Waals surface area contributed by atoms with Gasteiger partial charge in [-0.2, -0.15) is 0 Å². The van der Waals surface area contributed by atoms with E-state index in [-0.39, 0.29) is 29.7 Å². The van der Waals surface area contributed by atoms with Crippen molar-refractivity contribution < 1.29 is 39.5 Å². The van der Waals surface area contributed by atoms with Crippen LogP contribution in [0, 0.1) is 11.8 Å². The predicted molar refractivity (Wildman–Crippen MR) is 111 cm³/mol. The number of fused-ring (bicyclic) bond motifs is 3. The highest BCUT2D eigenvalue weighted by atomic mass is 16.5. The number of nitrogens with two attached hydrogens (primary N) is 1. The van der Waals surface area contributed by atoms with E-state index in [0.29, 0.717) is 11.3 Å². The first-order chi connectivity index (χ1) is 15.0. The van der Waals surface area contributed by atoms with Crippen LogP contribution in [-0.2, 0) is 20.8 Å². The van der Waals surface area contributed by atoms with Gasteiger partial charge in [0.05, 0.1) is 18.7 Å². The number of rotatable bonds is 3. The Bertz CT molecular complexity index is 1130. The summed E-state index contributed by atoms with van der Waals surface area (Å²) in [6.45, 7) is 0. The van der Waals surface area contributed by atoms with Crippen molar-refractivity contribution in [1.29, 1.82) is 0 Å². The molecular weight excluding hydrogens is 420 g/mol. The van der Waals surface area contributed by atoms with Crippen LogP contribution >= 0.6 is 0 Å². The number of aliphatic hydroxyl groups is 3. The minimum absolute atomic E-state index is 0.000592. The molecule has 1 saturated carbocycles. The van der Waals surface area contributed by atoms with Gasteiger partial charge in [-0.15, -0.1) is 0 Å². The van der Waals surface area contributed by atoms with Gasteiger partial charge in [0.15, 0.2) is 11.4 Å². The van der Waals surface area contributed by atoms with Gasteiger partial charge < -0.3 is 30.9 Å². The van der Waals surface area contributed by atoms with Crippen LogP contribution in [-0.4, -0.2) is 75.6 Å². The van der Waals surface area contributed by atoms with Gasteiger partial charge in [-0.3, -0.25) is 19.3 Å². The Balaban J connectivity index is 1.99. The maximum absolute atomic E-state index is 13.6. The second-order valence-electron chi connectivity index (χ2n) is 8.60. The van der Waals surface area contributed by atoms with Gasteiger partial charge in [-0.05, 0) is 45.0 Å². The monoisotopic (exact) mass is 444 g/mol. The second-order valence-corrected chi connectivity index (χ2v) is 8.60. The molecule has 10 heteroatoms.